The van der Waals surface area contributed by atoms with Gasteiger partial charge in [-0.1, -0.05) is 13.8 Å². The fraction of sp³-hybridized carbons (Fsp3) is 0.636. The molecule has 0 aliphatic rings. The van der Waals surface area contributed by atoms with E-state index in [1.54, 1.807) is 6.33 Å². The number of aromatic nitrogens is 2. The summed E-state index contributed by atoms with van der Waals surface area (Å²) in [4.78, 5) is 14.7. The molecule has 90 valence electrons. The van der Waals surface area contributed by atoms with E-state index in [9.17, 15) is 4.79 Å². The van der Waals surface area contributed by atoms with Crippen molar-refractivity contribution >= 4 is 5.91 Å². The second kappa shape index (κ2) is 6.27. The van der Waals surface area contributed by atoms with Crippen molar-refractivity contribution in [2.75, 3.05) is 0 Å². The minimum atomic E-state index is -0.248. The van der Waals surface area contributed by atoms with E-state index >= 15 is 0 Å². The predicted octanol–water partition coefficient (Wildman–Crippen LogP) is 0.647. The van der Waals surface area contributed by atoms with Crippen LogP contribution in [0.15, 0.2) is 12.5 Å². The molecule has 0 radical (unpaired) electrons. The Morgan fingerprint density at radius 2 is 2.38 bits per heavy atom. The summed E-state index contributed by atoms with van der Waals surface area (Å²) in [5.74, 6) is -0.248. The summed E-state index contributed by atoms with van der Waals surface area (Å²) < 4.78 is 2.05. The molecule has 1 rings (SSSR count). The van der Waals surface area contributed by atoms with Crippen molar-refractivity contribution in [1.82, 2.24) is 14.9 Å². The van der Waals surface area contributed by atoms with Gasteiger partial charge in [0.2, 0.25) is 5.91 Å². The molecule has 0 saturated heterocycles. The van der Waals surface area contributed by atoms with Gasteiger partial charge in [0, 0.05) is 31.7 Å². The van der Waals surface area contributed by atoms with Crippen LogP contribution >= 0.6 is 0 Å². The van der Waals surface area contributed by atoms with Gasteiger partial charge >= 0.3 is 0 Å². The Labute approximate surface area is 96.0 Å². The summed E-state index contributed by atoms with van der Waals surface area (Å²) in [6, 6.07) is 0.453. The highest BCUT2D eigenvalue weighted by Gasteiger charge is 2.03. The minimum absolute atomic E-state index is 0.248. The van der Waals surface area contributed by atoms with E-state index in [0.717, 1.165) is 25.2 Å². The molecule has 0 bridgehead atoms. The number of carbonyl (C=O) groups excluding carboxylic acids is 1. The molecular weight excluding hydrogens is 204 g/mol. The zero-order chi connectivity index (χ0) is 12.0. The number of aryl methyl sites for hydroxylation is 1. The Balaban J connectivity index is 2.40. The van der Waals surface area contributed by atoms with Gasteiger partial charge in [0.05, 0.1) is 12.0 Å². The Bertz CT molecular complexity index is 332. The predicted molar refractivity (Wildman–Crippen MR) is 62.6 cm³/mol. The third-order valence-corrected chi connectivity index (χ3v) is 2.31. The van der Waals surface area contributed by atoms with Crippen LogP contribution in [-0.2, 0) is 17.9 Å². The van der Waals surface area contributed by atoms with Crippen LogP contribution in [0.3, 0.4) is 0 Å². The molecule has 0 spiro atoms. The second-order valence-electron chi connectivity index (χ2n) is 4.18. The van der Waals surface area contributed by atoms with Gasteiger partial charge in [-0.3, -0.25) is 4.79 Å². The molecule has 0 unspecified atom stereocenters. The lowest BCUT2D eigenvalue weighted by Crippen LogP contribution is -2.23. The number of primary amides is 1. The van der Waals surface area contributed by atoms with E-state index in [1.807, 2.05) is 6.20 Å². The van der Waals surface area contributed by atoms with Gasteiger partial charge in [-0.05, 0) is 6.42 Å². The van der Waals surface area contributed by atoms with Crippen LogP contribution in [0.4, 0.5) is 0 Å². The van der Waals surface area contributed by atoms with Crippen LogP contribution in [0.5, 0.6) is 0 Å². The van der Waals surface area contributed by atoms with Crippen LogP contribution in [-0.4, -0.2) is 21.5 Å². The van der Waals surface area contributed by atoms with Crippen LogP contribution in [0.2, 0.25) is 0 Å². The molecule has 5 heteroatoms. The van der Waals surface area contributed by atoms with E-state index in [0.29, 0.717) is 12.5 Å². The van der Waals surface area contributed by atoms with Crippen LogP contribution in [0, 0.1) is 0 Å². The van der Waals surface area contributed by atoms with Crippen molar-refractivity contribution in [3.05, 3.63) is 18.2 Å². The first-order chi connectivity index (χ1) is 7.59. The molecule has 16 heavy (non-hydrogen) atoms. The molecule has 1 amide bonds. The van der Waals surface area contributed by atoms with E-state index in [1.165, 1.54) is 0 Å². The number of rotatable bonds is 7. The van der Waals surface area contributed by atoms with E-state index < -0.39 is 0 Å². The molecule has 0 fully saturated rings. The van der Waals surface area contributed by atoms with Crippen molar-refractivity contribution in [1.29, 1.82) is 0 Å². The average molecular weight is 224 g/mol. The Morgan fingerprint density at radius 1 is 1.62 bits per heavy atom. The van der Waals surface area contributed by atoms with Crippen LogP contribution in [0.1, 0.15) is 32.4 Å². The number of imidazole rings is 1. The highest BCUT2D eigenvalue weighted by atomic mass is 16.1. The highest BCUT2D eigenvalue weighted by Crippen LogP contribution is 2.02. The quantitative estimate of drug-likeness (QED) is 0.714. The van der Waals surface area contributed by atoms with E-state index in [2.05, 4.69) is 28.7 Å². The molecule has 1 heterocycles. The molecule has 1 aromatic rings. The number of hydrogen-bond donors (Lipinski definition) is 2. The number of amides is 1. The molecular formula is C11H20N4O. The molecule has 1 aromatic heterocycles. The van der Waals surface area contributed by atoms with E-state index in [4.69, 9.17) is 5.73 Å². The van der Waals surface area contributed by atoms with Crippen molar-refractivity contribution in [2.45, 2.75) is 45.8 Å². The Morgan fingerprint density at radius 3 is 3.00 bits per heavy atom. The standard InChI is InChI=1S/C11H20N4O/c1-9(2)14-7-10-6-13-8-15(10)5-3-4-11(12)16/h6,8-9,14H,3-5,7H2,1-2H3,(H2,12,16). The van der Waals surface area contributed by atoms with Gasteiger partial charge in [-0.25, -0.2) is 4.98 Å². The first-order valence-corrected chi connectivity index (χ1v) is 5.60. The van der Waals surface area contributed by atoms with Gasteiger partial charge < -0.3 is 15.6 Å². The average Bonchev–Trinajstić information content (AvgIpc) is 2.62. The first-order valence-electron chi connectivity index (χ1n) is 5.60. The molecule has 5 nitrogen and oxygen atoms in total. The molecule has 0 aliphatic heterocycles. The first kappa shape index (κ1) is 12.7. The molecule has 3 N–H and O–H groups in total. The van der Waals surface area contributed by atoms with Gasteiger partial charge in [0.1, 0.15) is 0 Å². The van der Waals surface area contributed by atoms with Crippen molar-refractivity contribution in [3.63, 3.8) is 0 Å². The Hall–Kier alpha value is -1.36. The summed E-state index contributed by atoms with van der Waals surface area (Å²) >= 11 is 0. The largest absolute Gasteiger partial charge is 0.370 e. The fourth-order valence-corrected chi connectivity index (χ4v) is 1.43. The summed E-state index contributed by atoms with van der Waals surface area (Å²) in [7, 11) is 0. The van der Waals surface area contributed by atoms with Crippen molar-refractivity contribution in [2.24, 2.45) is 5.73 Å². The maximum Gasteiger partial charge on any atom is 0.217 e. The van der Waals surface area contributed by atoms with Gasteiger partial charge in [-0.15, -0.1) is 0 Å². The minimum Gasteiger partial charge on any atom is -0.370 e. The number of carbonyl (C=O) groups is 1. The van der Waals surface area contributed by atoms with Gasteiger partial charge in [-0.2, -0.15) is 0 Å². The van der Waals surface area contributed by atoms with E-state index in [-0.39, 0.29) is 5.91 Å². The summed E-state index contributed by atoms with van der Waals surface area (Å²) in [6.07, 6.45) is 4.83. The van der Waals surface area contributed by atoms with Gasteiger partial charge in [0.15, 0.2) is 0 Å². The number of nitrogens with zero attached hydrogens (tertiary/aromatic N) is 2. The maximum atomic E-state index is 10.6. The number of hydrogen-bond acceptors (Lipinski definition) is 3. The monoisotopic (exact) mass is 224 g/mol. The summed E-state index contributed by atoms with van der Waals surface area (Å²) in [6.45, 7) is 5.80. The normalized spacial score (nSPS) is 10.9. The third-order valence-electron chi connectivity index (χ3n) is 2.31. The number of nitrogens with one attached hydrogen (secondary N) is 1. The zero-order valence-corrected chi connectivity index (χ0v) is 9.94. The van der Waals surface area contributed by atoms with Crippen LogP contribution < -0.4 is 11.1 Å². The third kappa shape index (κ3) is 4.44. The topological polar surface area (TPSA) is 72.9 Å². The smallest absolute Gasteiger partial charge is 0.217 e. The number of nitrogens with two attached hydrogens (primary N) is 1. The van der Waals surface area contributed by atoms with Crippen molar-refractivity contribution < 1.29 is 4.79 Å². The highest BCUT2D eigenvalue weighted by molar-refractivity contribution is 5.73. The SMILES string of the molecule is CC(C)NCc1cncn1CCCC(N)=O. The summed E-state index contributed by atoms with van der Waals surface area (Å²) in [5, 5.41) is 3.34. The lowest BCUT2D eigenvalue weighted by Gasteiger charge is -2.10. The maximum absolute atomic E-state index is 10.6. The second-order valence-corrected chi connectivity index (χ2v) is 4.18. The Kier molecular flexibility index (Phi) is 4.98. The molecule has 0 aromatic carbocycles. The fourth-order valence-electron chi connectivity index (χ4n) is 1.43. The lowest BCUT2D eigenvalue weighted by atomic mass is 10.3. The lowest BCUT2D eigenvalue weighted by molar-refractivity contribution is -0.118. The van der Waals surface area contributed by atoms with Crippen LogP contribution in [0.25, 0.3) is 0 Å². The summed E-state index contributed by atoms with van der Waals surface area (Å²) in [5.41, 5.74) is 6.23. The molecule has 0 aliphatic carbocycles. The molecule has 0 atom stereocenters. The van der Waals surface area contributed by atoms with Crippen molar-refractivity contribution in [3.8, 4) is 0 Å². The van der Waals surface area contributed by atoms with Gasteiger partial charge in [0.25, 0.3) is 0 Å². The molecule has 0 saturated carbocycles. The zero-order valence-electron chi connectivity index (χ0n) is 9.94.